The lowest BCUT2D eigenvalue weighted by Gasteiger charge is -2.30. The summed E-state index contributed by atoms with van der Waals surface area (Å²) in [6.07, 6.45) is 2.26. The van der Waals surface area contributed by atoms with Gasteiger partial charge in [-0.15, -0.1) is 0 Å². The Morgan fingerprint density at radius 1 is 1.32 bits per heavy atom. The molecule has 0 spiro atoms. The summed E-state index contributed by atoms with van der Waals surface area (Å²) in [5.74, 6) is 0.401. The van der Waals surface area contributed by atoms with Crippen molar-refractivity contribution < 1.29 is 0 Å². The summed E-state index contributed by atoms with van der Waals surface area (Å²) < 4.78 is 2.36. The molecule has 0 N–H and O–H groups in total. The van der Waals surface area contributed by atoms with Gasteiger partial charge in [-0.2, -0.15) is 5.26 Å². The third kappa shape index (κ3) is 2.66. The standard InChI is InChI=1S/C15H23N5O2/c1-5-20-8-6-7-11(20)10-17(2)13-12(9-16)14(21)19(4)15(22)18(13)3/h11H,5-8,10H2,1-4H3. The molecular weight excluding hydrogens is 282 g/mol. The minimum Gasteiger partial charge on any atom is -0.358 e. The highest BCUT2D eigenvalue weighted by Gasteiger charge is 2.26. The van der Waals surface area contributed by atoms with Crippen LogP contribution < -0.4 is 16.1 Å². The molecular formula is C15H23N5O2. The Kier molecular flexibility index (Phi) is 4.71. The van der Waals surface area contributed by atoms with E-state index < -0.39 is 11.2 Å². The summed E-state index contributed by atoms with van der Waals surface area (Å²) >= 11 is 0. The van der Waals surface area contributed by atoms with Crippen LogP contribution in [0.15, 0.2) is 9.59 Å². The van der Waals surface area contributed by atoms with Gasteiger partial charge in [-0.1, -0.05) is 6.92 Å². The third-order valence-corrected chi connectivity index (χ3v) is 4.50. The summed E-state index contributed by atoms with van der Waals surface area (Å²) in [5.41, 5.74) is -0.927. The van der Waals surface area contributed by atoms with Crippen molar-refractivity contribution in [2.24, 2.45) is 14.1 Å². The molecule has 0 saturated carbocycles. The lowest BCUT2D eigenvalue weighted by molar-refractivity contribution is 0.270. The molecule has 120 valence electrons. The number of nitrogens with zero attached hydrogens (tertiary/aromatic N) is 5. The molecule has 1 unspecified atom stereocenters. The minimum atomic E-state index is -0.536. The second kappa shape index (κ2) is 6.36. The van der Waals surface area contributed by atoms with Crippen molar-refractivity contribution in [2.45, 2.75) is 25.8 Å². The zero-order chi connectivity index (χ0) is 16.4. The fourth-order valence-electron chi connectivity index (χ4n) is 3.30. The first-order valence-electron chi connectivity index (χ1n) is 7.57. The molecule has 7 heteroatoms. The predicted octanol–water partition coefficient (Wildman–Crippen LogP) is -0.124. The van der Waals surface area contributed by atoms with E-state index in [2.05, 4.69) is 11.8 Å². The third-order valence-electron chi connectivity index (χ3n) is 4.50. The highest BCUT2D eigenvalue weighted by atomic mass is 16.2. The Labute approximate surface area is 130 Å². The Hall–Kier alpha value is -2.07. The molecule has 0 aliphatic carbocycles. The summed E-state index contributed by atoms with van der Waals surface area (Å²) in [5, 5.41) is 9.33. The van der Waals surface area contributed by atoms with Crippen LogP contribution in [-0.2, 0) is 14.1 Å². The van der Waals surface area contributed by atoms with Gasteiger partial charge in [0.1, 0.15) is 11.9 Å². The molecule has 0 amide bonds. The molecule has 0 aromatic carbocycles. The first-order chi connectivity index (χ1) is 10.4. The second-order valence-electron chi connectivity index (χ2n) is 5.82. The maximum absolute atomic E-state index is 12.1. The van der Waals surface area contributed by atoms with E-state index in [1.165, 1.54) is 11.6 Å². The summed E-state index contributed by atoms with van der Waals surface area (Å²) in [7, 11) is 4.83. The number of hydrogen-bond acceptors (Lipinski definition) is 5. The lowest BCUT2D eigenvalue weighted by atomic mass is 10.2. The fraction of sp³-hybridized carbons (Fsp3) is 0.667. The van der Waals surface area contributed by atoms with Crippen molar-refractivity contribution in [3.05, 3.63) is 26.4 Å². The molecule has 0 bridgehead atoms. The highest BCUT2D eigenvalue weighted by Crippen LogP contribution is 2.20. The molecule has 1 aromatic heterocycles. The number of anilines is 1. The van der Waals surface area contributed by atoms with Crippen molar-refractivity contribution in [2.75, 3.05) is 31.6 Å². The Bertz CT molecular complexity index is 712. The van der Waals surface area contributed by atoms with Crippen molar-refractivity contribution >= 4 is 5.82 Å². The van der Waals surface area contributed by atoms with Gasteiger partial charge in [0, 0.05) is 33.7 Å². The Balaban J connectivity index is 2.42. The Morgan fingerprint density at radius 2 is 2.00 bits per heavy atom. The van der Waals surface area contributed by atoms with Gasteiger partial charge in [0.2, 0.25) is 0 Å². The van der Waals surface area contributed by atoms with Crippen molar-refractivity contribution in [1.29, 1.82) is 5.26 Å². The first-order valence-corrected chi connectivity index (χ1v) is 7.57. The monoisotopic (exact) mass is 305 g/mol. The maximum atomic E-state index is 12.1. The number of nitriles is 1. The van der Waals surface area contributed by atoms with Crippen LogP contribution in [0.4, 0.5) is 5.82 Å². The van der Waals surface area contributed by atoms with Crippen molar-refractivity contribution in [3.8, 4) is 6.07 Å². The SMILES string of the molecule is CCN1CCCC1CN(C)c1c(C#N)c(=O)n(C)c(=O)n1C. The van der Waals surface area contributed by atoms with Crippen LogP contribution in [0, 0.1) is 11.3 Å². The van der Waals surface area contributed by atoms with Crippen molar-refractivity contribution in [1.82, 2.24) is 14.0 Å². The van der Waals surface area contributed by atoms with E-state index in [0.29, 0.717) is 18.4 Å². The van der Waals surface area contributed by atoms with E-state index in [4.69, 9.17) is 0 Å². The van der Waals surface area contributed by atoms with E-state index in [9.17, 15) is 14.9 Å². The molecule has 1 aliphatic rings. The normalized spacial score (nSPS) is 18.4. The van der Waals surface area contributed by atoms with Gasteiger partial charge in [0.15, 0.2) is 5.56 Å². The van der Waals surface area contributed by atoms with Gasteiger partial charge < -0.3 is 4.90 Å². The smallest absolute Gasteiger partial charge is 0.332 e. The zero-order valence-corrected chi connectivity index (χ0v) is 13.7. The van der Waals surface area contributed by atoms with Crippen LogP contribution in [0.3, 0.4) is 0 Å². The maximum Gasteiger partial charge on any atom is 0.332 e. The number of hydrogen-bond donors (Lipinski definition) is 0. The lowest BCUT2D eigenvalue weighted by Crippen LogP contribution is -2.45. The van der Waals surface area contributed by atoms with Crippen LogP contribution in [0.2, 0.25) is 0 Å². The average Bonchev–Trinajstić information content (AvgIpc) is 2.95. The van der Waals surface area contributed by atoms with E-state index in [1.807, 2.05) is 18.0 Å². The molecule has 22 heavy (non-hydrogen) atoms. The number of likely N-dealkylation sites (N-methyl/N-ethyl adjacent to an activating group) is 2. The van der Waals surface area contributed by atoms with E-state index in [-0.39, 0.29) is 5.56 Å². The topological polar surface area (TPSA) is 74.3 Å². The van der Waals surface area contributed by atoms with Crippen LogP contribution in [0.5, 0.6) is 0 Å². The van der Waals surface area contributed by atoms with Crippen LogP contribution >= 0.6 is 0 Å². The Morgan fingerprint density at radius 3 is 2.59 bits per heavy atom. The molecule has 2 heterocycles. The van der Waals surface area contributed by atoms with Gasteiger partial charge in [-0.3, -0.25) is 18.8 Å². The molecule has 1 atom stereocenters. The van der Waals surface area contributed by atoms with E-state index >= 15 is 0 Å². The molecule has 7 nitrogen and oxygen atoms in total. The largest absolute Gasteiger partial charge is 0.358 e. The zero-order valence-electron chi connectivity index (χ0n) is 13.7. The molecule has 1 aromatic rings. The molecule has 2 rings (SSSR count). The molecule has 1 saturated heterocycles. The first kappa shape index (κ1) is 16.3. The molecule has 1 fully saturated rings. The molecule has 1 aliphatic heterocycles. The predicted molar refractivity (Wildman–Crippen MR) is 85.2 cm³/mol. The van der Waals surface area contributed by atoms with Gasteiger partial charge in [-0.25, -0.2) is 4.79 Å². The number of rotatable bonds is 4. The second-order valence-corrected chi connectivity index (χ2v) is 5.82. The van der Waals surface area contributed by atoms with Gasteiger partial charge in [0.05, 0.1) is 0 Å². The molecule has 0 radical (unpaired) electrons. The number of aromatic nitrogens is 2. The summed E-state index contributed by atoms with van der Waals surface area (Å²) in [6, 6.07) is 2.34. The van der Waals surface area contributed by atoms with Crippen LogP contribution in [0.25, 0.3) is 0 Å². The van der Waals surface area contributed by atoms with Gasteiger partial charge in [0.25, 0.3) is 5.56 Å². The van der Waals surface area contributed by atoms with E-state index in [0.717, 1.165) is 30.5 Å². The summed E-state index contributed by atoms with van der Waals surface area (Å²) in [4.78, 5) is 28.5. The van der Waals surface area contributed by atoms with E-state index in [1.54, 1.807) is 7.05 Å². The van der Waals surface area contributed by atoms with Crippen LogP contribution in [0.1, 0.15) is 25.3 Å². The quantitative estimate of drug-likeness (QED) is 0.775. The average molecular weight is 305 g/mol. The number of likely N-dealkylation sites (tertiary alicyclic amines) is 1. The van der Waals surface area contributed by atoms with Gasteiger partial charge >= 0.3 is 5.69 Å². The fourth-order valence-corrected chi connectivity index (χ4v) is 3.30. The minimum absolute atomic E-state index is 0.0214. The highest BCUT2D eigenvalue weighted by molar-refractivity contribution is 5.53. The van der Waals surface area contributed by atoms with Crippen molar-refractivity contribution in [3.63, 3.8) is 0 Å². The van der Waals surface area contributed by atoms with Crippen LogP contribution in [-0.4, -0.2) is 46.8 Å². The van der Waals surface area contributed by atoms with Gasteiger partial charge in [-0.05, 0) is 25.9 Å². The summed E-state index contributed by atoms with van der Waals surface area (Å²) in [6.45, 7) is 4.89.